The molecule has 0 atom stereocenters. The molecule has 1 aliphatic rings. The van der Waals surface area contributed by atoms with Crippen molar-refractivity contribution in [3.8, 4) is 5.88 Å². The number of ether oxygens (including phenoxy) is 1. The van der Waals surface area contributed by atoms with Gasteiger partial charge >= 0.3 is 5.97 Å². The molecular weight excluding hydrogens is 390 g/mol. The number of hydrogen-bond donors (Lipinski definition) is 0. The molecule has 0 spiro atoms. The van der Waals surface area contributed by atoms with Crippen LogP contribution in [0.3, 0.4) is 0 Å². The van der Waals surface area contributed by atoms with Gasteiger partial charge in [-0.05, 0) is 43.4 Å². The van der Waals surface area contributed by atoms with Crippen molar-refractivity contribution in [1.82, 2.24) is 20.2 Å². The van der Waals surface area contributed by atoms with Gasteiger partial charge in [-0.2, -0.15) is 10.2 Å². The first-order valence-corrected chi connectivity index (χ1v) is 10.6. The highest BCUT2D eigenvalue weighted by Crippen LogP contribution is 2.32. The fourth-order valence-electron chi connectivity index (χ4n) is 4.07. The van der Waals surface area contributed by atoms with E-state index in [-0.39, 0.29) is 5.88 Å². The Balaban J connectivity index is 1.41. The lowest BCUT2D eigenvalue weighted by atomic mass is 9.89. The van der Waals surface area contributed by atoms with E-state index in [1.165, 1.54) is 29.8 Å². The zero-order valence-electron chi connectivity index (χ0n) is 18.2. The van der Waals surface area contributed by atoms with Crippen LogP contribution >= 0.6 is 0 Å². The Kier molecular flexibility index (Phi) is 6.21. The normalized spacial score (nSPS) is 14.5. The van der Waals surface area contributed by atoms with Crippen LogP contribution in [0.15, 0.2) is 42.7 Å². The molecule has 7 heteroatoms. The highest BCUT2D eigenvalue weighted by Gasteiger charge is 2.25. The molecule has 3 heterocycles. The number of nitrogens with zero attached hydrogens (tertiary/aromatic N) is 5. The number of benzene rings is 1. The molecule has 1 aliphatic heterocycles. The van der Waals surface area contributed by atoms with E-state index in [0.29, 0.717) is 5.92 Å². The molecule has 3 aromatic rings. The van der Waals surface area contributed by atoms with Crippen LogP contribution in [-0.4, -0.2) is 39.2 Å². The van der Waals surface area contributed by atoms with Gasteiger partial charge in [-0.1, -0.05) is 30.3 Å². The van der Waals surface area contributed by atoms with Gasteiger partial charge in [0.05, 0.1) is 23.8 Å². The topological polar surface area (TPSA) is 81.1 Å². The zero-order valence-corrected chi connectivity index (χ0v) is 18.2. The second kappa shape index (κ2) is 9.20. The lowest BCUT2D eigenvalue weighted by Crippen LogP contribution is -2.34. The van der Waals surface area contributed by atoms with Crippen LogP contribution in [-0.2, 0) is 11.2 Å². The molecule has 4 rings (SSSR count). The van der Waals surface area contributed by atoms with Gasteiger partial charge in [0.2, 0.25) is 5.88 Å². The Morgan fingerprint density at radius 1 is 1.03 bits per heavy atom. The third kappa shape index (κ3) is 4.87. The smallest absolute Gasteiger partial charge is 0.309 e. The molecule has 31 heavy (non-hydrogen) atoms. The first kappa shape index (κ1) is 20.9. The van der Waals surface area contributed by atoms with E-state index < -0.39 is 5.97 Å². The Labute approximate surface area is 182 Å². The van der Waals surface area contributed by atoms with Crippen molar-refractivity contribution < 1.29 is 9.53 Å². The largest absolute Gasteiger partial charge is 0.406 e. The molecule has 1 aromatic carbocycles. The molecule has 7 nitrogen and oxygen atoms in total. The summed E-state index contributed by atoms with van der Waals surface area (Å²) in [5.41, 5.74) is 5.91. The second-order valence-electron chi connectivity index (χ2n) is 8.01. The first-order valence-electron chi connectivity index (χ1n) is 10.6. The van der Waals surface area contributed by atoms with E-state index in [0.717, 1.165) is 49.6 Å². The maximum atomic E-state index is 11.0. The van der Waals surface area contributed by atoms with Crippen molar-refractivity contribution >= 4 is 11.8 Å². The summed E-state index contributed by atoms with van der Waals surface area (Å²) in [5, 5.41) is 9.24. The van der Waals surface area contributed by atoms with Crippen molar-refractivity contribution in [3.05, 3.63) is 70.8 Å². The first-order chi connectivity index (χ1) is 15.0. The zero-order chi connectivity index (χ0) is 21.8. The van der Waals surface area contributed by atoms with Gasteiger partial charge in [0, 0.05) is 32.4 Å². The van der Waals surface area contributed by atoms with Gasteiger partial charge < -0.3 is 9.64 Å². The highest BCUT2D eigenvalue weighted by atomic mass is 16.5. The average Bonchev–Trinajstić information content (AvgIpc) is 2.78. The molecule has 160 valence electrons. The summed E-state index contributed by atoms with van der Waals surface area (Å²) in [5.74, 6) is 1.01. The van der Waals surface area contributed by atoms with Crippen LogP contribution in [0.4, 0.5) is 5.82 Å². The second-order valence-corrected chi connectivity index (χ2v) is 8.01. The molecule has 0 bridgehead atoms. The molecule has 0 radical (unpaired) electrons. The minimum atomic E-state index is -0.399. The molecule has 0 N–H and O–H groups in total. The lowest BCUT2D eigenvalue weighted by Gasteiger charge is -2.33. The molecule has 0 saturated carbocycles. The number of anilines is 1. The lowest BCUT2D eigenvalue weighted by molar-refractivity contribution is -0.132. The van der Waals surface area contributed by atoms with Gasteiger partial charge in [-0.15, -0.1) is 0 Å². The fraction of sp³-hybridized carbons (Fsp3) is 0.375. The summed E-state index contributed by atoms with van der Waals surface area (Å²) < 4.78 is 4.96. The number of rotatable bonds is 5. The van der Waals surface area contributed by atoms with Crippen LogP contribution in [0.25, 0.3) is 0 Å². The van der Waals surface area contributed by atoms with Crippen LogP contribution in [0.2, 0.25) is 0 Å². The average molecular weight is 418 g/mol. The van der Waals surface area contributed by atoms with Gasteiger partial charge in [-0.25, -0.2) is 9.97 Å². The fourth-order valence-corrected chi connectivity index (χ4v) is 4.07. The minimum Gasteiger partial charge on any atom is -0.406 e. The summed E-state index contributed by atoms with van der Waals surface area (Å²) in [6, 6.07) is 10.4. The third-order valence-corrected chi connectivity index (χ3v) is 5.94. The van der Waals surface area contributed by atoms with E-state index in [9.17, 15) is 4.79 Å². The van der Waals surface area contributed by atoms with E-state index in [2.05, 4.69) is 63.2 Å². The van der Waals surface area contributed by atoms with Crippen LogP contribution < -0.4 is 9.64 Å². The molecule has 0 amide bonds. The summed E-state index contributed by atoms with van der Waals surface area (Å²) in [6.45, 7) is 7.41. The van der Waals surface area contributed by atoms with Crippen molar-refractivity contribution in [2.45, 2.75) is 46.0 Å². The van der Waals surface area contributed by atoms with Crippen LogP contribution in [0.5, 0.6) is 5.88 Å². The quantitative estimate of drug-likeness (QED) is 0.584. The van der Waals surface area contributed by atoms with Gasteiger partial charge in [0.15, 0.2) is 0 Å². The molecule has 1 fully saturated rings. The summed E-state index contributed by atoms with van der Waals surface area (Å²) in [4.78, 5) is 21.8. The third-order valence-electron chi connectivity index (χ3n) is 5.94. The van der Waals surface area contributed by atoms with Gasteiger partial charge in [0.25, 0.3) is 0 Å². The molecular formula is C24H27N5O2. The van der Waals surface area contributed by atoms with Crippen molar-refractivity contribution in [1.29, 1.82) is 0 Å². The number of hydrogen-bond acceptors (Lipinski definition) is 7. The highest BCUT2D eigenvalue weighted by molar-refractivity contribution is 5.68. The van der Waals surface area contributed by atoms with Crippen LogP contribution in [0, 0.1) is 13.8 Å². The van der Waals surface area contributed by atoms with E-state index in [4.69, 9.17) is 4.74 Å². The van der Waals surface area contributed by atoms with Crippen molar-refractivity contribution in [3.63, 3.8) is 0 Å². The molecule has 2 aromatic heterocycles. The maximum absolute atomic E-state index is 11.0. The Morgan fingerprint density at radius 2 is 1.77 bits per heavy atom. The van der Waals surface area contributed by atoms with Gasteiger partial charge in [-0.3, -0.25) is 4.79 Å². The SMILES string of the molecule is CC(=O)Oc1cnc(N2CCC(c3nnc(Cc4ccccc4)c(C)c3C)CC2)cn1. The standard InChI is InChI=1S/C24H27N5O2/c1-16-17(2)24(28-27-21(16)13-19-7-5-4-6-8-19)20-9-11-29(12-10-20)22-14-26-23(15-25-22)31-18(3)30/h4-8,14-15,20H,9-13H2,1-3H3. The number of carbonyl (C=O) groups is 1. The summed E-state index contributed by atoms with van der Waals surface area (Å²) in [6.07, 6.45) is 5.93. The molecule has 0 aliphatic carbocycles. The van der Waals surface area contributed by atoms with Gasteiger partial charge in [0.1, 0.15) is 5.82 Å². The van der Waals surface area contributed by atoms with E-state index >= 15 is 0 Å². The molecule has 0 unspecified atom stereocenters. The number of piperidine rings is 1. The monoisotopic (exact) mass is 417 g/mol. The molecule has 1 saturated heterocycles. The summed E-state index contributed by atoms with van der Waals surface area (Å²) >= 11 is 0. The number of esters is 1. The summed E-state index contributed by atoms with van der Waals surface area (Å²) in [7, 11) is 0. The predicted molar refractivity (Wildman–Crippen MR) is 118 cm³/mol. The van der Waals surface area contributed by atoms with Crippen LogP contribution in [0.1, 0.15) is 53.8 Å². The Bertz CT molecular complexity index is 1050. The van der Waals surface area contributed by atoms with E-state index in [1.54, 1.807) is 6.20 Å². The van der Waals surface area contributed by atoms with Crippen molar-refractivity contribution in [2.24, 2.45) is 0 Å². The number of carbonyl (C=O) groups excluding carboxylic acids is 1. The maximum Gasteiger partial charge on any atom is 0.309 e. The predicted octanol–water partition coefficient (Wildman–Crippen LogP) is 3.78. The number of aromatic nitrogens is 4. The Hall–Kier alpha value is -3.35. The van der Waals surface area contributed by atoms with Crippen molar-refractivity contribution in [2.75, 3.05) is 18.0 Å². The Morgan fingerprint density at radius 3 is 2.42 bits per heavy atom. The minimum absolute atomic E-state index is 0.225. The van der Waals surface area contributed by atoms with E-state index in [1.807, 2.05) is 6.07 Å².